The number of rotatable bonds is 0. The summed E-state index contributed by atoms with van der Waals surface area (Å²) in [4.78, 5) is 20.6. The van der Waals surface area contributed by atoms with Crippen LogP contribution in [0.4, 0.5) is 0 Å². The first-order valence-corrected chi connectivity index (χ1v) is 3.84. The van der Waals surface area contributed by atoms with Gasteiger partial charge in [0.05, 0.1) is 18.8 Å². The number of terminal acetylenes is 1. The van der Waals surface area contributed by atoms with Gasteiger partial charge in [0.2, 0.25) is 0 Å². The second-order valence-electron chi connectivity index (χ2n) is 2.80. The Morgan fingerprint density at radius 3 is 3.15 bits per heavy atom. The maximum Gasteiger partial charge on any atom is 0.298 e. The predicted octanol–water partition coefficient (Wildman–Crippen LogP) is -0.0480. The molecule has 1 aliphatic heterocycles. The molecule has 4 heteroatoms. The van der Waals surface area contributed by atoms with Crippen LogP contribution in [0.3, 0.4) is 0 Å². The maximum atomic E-state index is 11.1. The number of fused-ring (bicyclic) bond motifs is 1. The molecule has 0 spiro atoms. The fourth-order valence-electron chi connectivity index (χ4n) is 1.34. The van der Waals surface area contributed by atoms with Crippen molar-refractivity contribution in [3.63, 3.8) is 0 Å². The van der Waals surface area contributed by atoms with Gasteiger partial charge in [-0.05, 0) is 5.92 Å². The molecular formula is C9H7N3O. The molecule has 0 aliphatic carbocycles. The van der Waals surface area contributed by atoms with Crippen LogP contribution >= 0.6 is 0 Å². The fourth-order valence-corrected chi connectivity index (χ4v) is 1.34. The number of carbonyl (C=O) groups excluding carboxylic acids is 1. The first kappa shape index (κ1) is 7.74. The van der Waals surface area contributed by atoms with Gasteiger partial charge in [-0.15, -0.1) is 6.42 Å². The molecule has 1 aromatic rings. The van der Waals surface area contributed by atoms with Crippen LogP contribution in [0.5, 0.6) is 0 Å². The van der Waals surface area contributed by atoms with Crippen molar-refractivity contribution >= 4 is 5.91 Å². The van der Waals surface area contributed by atoms with E-state index in [4.69, 9.17) is 6.42 Å². The molecule has 1 aromatic heterocycles. The van der Waals surface area contributed by atoms with E-state index in [1.807, 2.05) is 0 Å². The number of hydrogen-bond acceptors (Lipinski definition) is 3. The van der Waals surface area contributed by atoms with Crippen molar-refractivity contribution in [3.05, 3.63) is 23.8 Å². The van der Waals surface area contributed by atoms with Crippen molar-refractivity contribution in [2.24, 2.45) is 0 Å². The van der Waals surface area contributed by atoms with Crippen LogP contribution in [-0.2, 0) is 17.9 Å². The predicted molar refractivity (Wildman–Crippen MR) is 45.1 cm³/mol. The molecule has 64 valence electrons. The second-order valence-corrected chi connectivity index (χ2v) is 2.80. The number of hydrogen-bond donors (Lipinski definition) is 0. The molecule has 2 heterocycles. The minimum Gasteiger partial charge on any atom is -0.322 e. The third-order valence-electron chi connectivity index (χ3n) is 1.99. The Balaban J connectivity index is 2.24. The highest BCUT2D eigenvalue weighted by Crippen LogP contribution is 2.18. The lowest BCUT2D eigenvalue weighted by atomic mass is 10.3. The molecule has 1 aliphatic rings. The van der Waals surface area contributed by atoms with E-state index in [0.29, 0.717) is 13.1 Å². The summed E-state index contributed by atoms with van der Waals surface area (Å²) in [5.74, 6) is 1.79. The minimum atomic E-state index is -0.294. The quantitative estimate of drug-likeness (QED) is 0.517. The first-order chi connectivity index (χ1) is 6.31. The summed E-state index contributed by atoms with van der Waals surface area (Å²) < 4.78 is 0. The Labute approximate surface area is 75.6 Å². The maximum absolute atomic E-state index is 11.1. The smallest absolute Gasteiger partial charge is 0.298 e. The zero-order valence-corrected chi connectivity index (χ0v) is 6.90. The van der Waals surface area contributed by atoms with Gasteiger partial charge in [-0.25, -0.2) is 9.97 Å². The third-order valence-corrected chi connectivity index (χ3v) is 1.99. The van der Waals surface area contributed by atoms with Crippen molar-refractivity contribution in [2.75, 3.05) is 0 Å². The molecule has 0 saturated heterocycles. The largest absolute Gasteiger partial charge is 0.322 e. The summed E-state index contributed by atoms with van der Waals surface area (Å²) in [6.45, 7) is 1.03. The Morgan fingerprint density at radius 1 is 1.62 bits per heavy atom. The van der Waals surface area contributed by atoms with Gasteiger partial charge in [0.1, 0.15) is 6.33 Å². The lowest BCUT2D eigenvalue weighted by Gasteiger charge is -2.09. The lowest BCUT2D eigenvalue weighted by molar-refractivity contribution is -0.125. The highest BCUT2D eigenvalue weighted by Gasteiger charge is 2.22. The van der Waals surface area contributed by atoms with Gasteiger partial charge in [0, 0.05) is 11.8 Å². The van der Waals surface area contributed by atoms with Crippen LogP contribution in [0.1, 0.15) is 11.3 Å². The monoisotopic (exact) mass is 173 g/mol. The molecule has 13 heavy (non-hydrogen) atoms. The lowest BCUT2D eigenvalue weighted by Crippen LogP contribution is -2.23. The van der Waals surface area contributed by atoms with Gasteiger partial charge in [-0.2, -0.15) is 0 Å². The average Bonchev–Trinajstić information content (AvgIpc) is 2.59. The molecule has 0 fully saturated rings. The van der Waals surface area contributed by atoms with E-state index in [2.05, 4.69) is 15.9 Å². The molecule has 0 atom stereocenters. The van der Waals surface area contributed by atoms with Crippen LogP contribution in [-0.4, -0.2) is 20.8 Å². The Morgan fingerprint density at radius 2 is 2.46 bits per heavy atom. The standard InChI is InChI=1S/C9H7N3O/c1-2-9(13)12-4-7-3-10-6-11-8(7)5-12/h1,3,6H,4-5H2. The SMILES string of the molecule is C#CC(=O)N1Cc2cncnc2C1. The van der Waals surface area contributed by atoms with Crippen molar-refractivity contribution in [2.45, 2.75) is 13.1 Å². The summed E-state index contributed by atoms with van der Waals surface area (Å²) in [6, 6.07) is 0. The average molecular weight is 173 g/mol. The first-order valence-electron chi connectivity index (χ1n) is 3.84. The van der Waals surface area contributed by atoms with Gasteiger partial charge in [0.15, 0.2) is 0 Å². The molecular weight excluding hydrogens is 166 g/mol. The topological polar surface area (TPSA) is 46.1 Å². The Hall–Kier alpha value is -1.89. The summed E-state index contributed by atoms with van der Waals surface area (Å²) >= 11 is 0. The summed E-state index contributed by atoms with van der Waals surface area (Å²) in [6.07, 6.45) is 8.20. The molecule has 4 nitrogen and oxygen atoms in total. The Bertz CT molecular complexity index is 369. The zero-order chi connectivity index (χ0) is 9.26. The van der Waals surface area contributed by atoms with E-state index in [1.165, 1.54) is 6.33 Å². The number of amides is 1. The molecule has 0 radical (unpaired) electrons. The molecule has 0 bridgehead atoms. The summed E-state index contributed by atoms with van der Waals surface area (Å²) in [5.41, 5.74) is 1.87. The minimum absolute atomic E-state index is 0.294. The normalized spacial score (nSPS) is 13.6. The van der Waals surface area contributed by atoms with Crippen LogP contribution in [0.25, 0.3) is 0 Å². The van der Waals surface area contributed by atoms with Crippen LogP contribution < -0.4 is 0 Å². The van der Waals surface area contributed by atoms with Gasteiger partial charge < -0.3 is 4.90 Å². The van der Waals surface area contributed by atoms with E-state index >= 15 is 0 Å². The van der Waals surface area contributed by atoms with Gasteiger partial charge >= 0.3 is 0 Å². The van der Waals surface area contributed by atoms with E-state index in [-0.39, 0.29) is 5.91 Å². The number of nitrogens with zero attached hydrogens (tertiary/aromatic N) is 3. The zero-order valence-electron chi connectivity index (χ0n) is 6.90. The Kier molecular flexibility index (Phi) is 1.71. The van der Waals surface area contributed by atoms with E-state index in [9.17, 15) is 4.79 Å². The van der Waals surface area contributed by atoms with Crippen LogP contribution in [0, 0.1) is 12.3 Å². The summed E-state index contributed by atoms with van der Waals surface area (Å²) in [7, 11) is 0. The molecule has 0 aromatic carbocycles. The van der Waals surface area contributed by atoms with E-state index in [0.717, 1.165) is 11.3 Å². The van der Waals surface area contributed by atoms with Crippen molar-refractivity contribution in [3.8, 4) is 12.3 Å². The molecule has 0 saturated carbocycles. The second kappa shape index (κ2) is 2.87. The van der Waals surface area contributed by atoms with Crippen molar-refractivity contribution < 1.29 is 4.79 Å². The molecule has 0 N–H and O–H groups in total. The van der Waals surface area contributed by atoms with Crippen LogP contribution in [0.2, 0.25) is 0 Å². The third kappa shape index (κ3) is 1.25. The van der Waals surface area contributed by atoms with Crippen molar-refractivity contribution in [1.82, 2.24) is 14.9 Å². The van der Waals surface area contributed by atoms with Gasteiger partial charge in [-0.1, -0.05) is 0 Å². The molecule has 2 rings (SSSR count). The highest BCUT2D eigenvalue weighted by atomic mass is 16.2. The highest BCUT2D eigenvalue weighted by molar-refractivity contribution is 5.93. The fraction of sp³-hybridized carbons (Fsp3) is 0.222. The summed E-state index contributed by atoms with van der Waals surface area (Å²) in [5, 5.41) is 0. The van der Waals surface area contributed by atoms with Gasteiger partial charge in [0.25, 0.3) is 5.91 Å². The molecule has 1 amide bonds. The van der Waals surface area contributed by atoms with Gasteiger partial charge in [-0.3, -0.25) is 4.79 Å². The number of carbonyl (C=O) groups is 1. The van der Waals surface area contributed by atoms with Crippen LogP contribution in [0.15, 0.2) is 12.5 Å². The van der Waals surface area contributed by atoms with E-state index in [1.54, 1.807) is 11.1 Å². The number of aromatic nitrogens is 2. The van der Waals surface area contributed by atoms with E-state index < -0.39 is 0 Å². The molecule has 0 unspecified atom stereocenters. The van der Waals surface area contributed by atoms with Crippen molar-refractivity contribution in [1.29, 1.82) is 0 Å².